The molecule has 1 fully saturated rings. The van der Waals surface area contributed by atoms with Crippen molar-refractivity contribution in [3.8, 4) is 11.5 Å². The Hall–Kier alpha value is -2.77. The van der Waals surface area contributed by atoms with E-state index in [0.717, 1.165) is 16.0 Å². The lowest BCUT2D eigenvalue weighted by Crippen LogP contribution is -2.40. The maximum atomic E-state index is 12.6. The first-order valence-electron chi connectivity index (χ1n) is 7.92. The van der Waals surface area contributed by atoms with Gasteiger partial charge >= 0.3 is 12.0 Å². The average Bonchev–Trinajstić information content (AvgIpc) is 2.86. The summed E-state index contributed by atoms with van der Waals surface area (Å²) < 4.78 is 15.2. The zero-order chi connectivity index (χ0) is 18.1. The Morgan fingerprint density at radius 2 is 1.76 bits per heavy atom. The quantitative estimate of drug-likeness (QED) is 0.582. The smallest absolute Gasteiger partial charge is 0.327 e. The first kappa shape index (κ1) is 17.1. The van der Waals surface area contributed by atoms with Crippen LogP contribution in [0.4, 0.5) is 4.79 Å². The molecule has 0 aliphatic carbocycles. The number of methoxy groups -OCH3 is 3. The molecule has 3 amide bonds. The van der Waals surface area contributed by atoms with Crippen LogP contribution in [0, 0.1) is 0 Å². The summed E-state index contributed by atoms with van der Waals surface area (Å²) >= 11 is 0. The van der Waals surface area contributed by atoms with Crippen LogP contribution < -0.4 is 9.47 Å². The molecule has 0 N–H and O–H groups in total. The van der Waals surface area contributed by atoms with E-state index in [4.69, 9.17) is 9.47 Å². The summed E-state index contributed by atoms with van der Waals surface area (Å²) in [5, 5.41) is 0. The van der Waals surface area contributed by atoms with Gasteiger partial charge in [-0.05, 0) is 23.3 Å². The zero-order valence-corrected chi connectivity index (χ0v) is 14.4. The van der Waals surface area contributed by atoms with E-state index in [-0.39, 0.29) is 24.9 Å². The van der Waals surface area contributed by atoms with Crippen molar-refractivity contribution in [1.29, 1.82) is 0 Å². The Morgan fingerprint density at radius 3 is 2.36 bits per heavy atom. The molecule has 0 saturated carbocycles. The lowest BCUT2D eigenvalue weighted by molar-refractivity contribution is -0.141. The molecule has 8 heteroatoms. The number of esters is 1. The number of benzene rings is 1. The standard InChI is InChI=1S/C17H20N2O6/c1-23-13-7-10-6-12-16(21)18(5-4-15(20)25-3)17(22)19(12)9-11(10)8-14(13)24-2/h7-8,12H,4-6,9H2,1-3H3. The number of ether oxygens (including phenoxy) is 3. The Kier molecular flexibility index (Phi) is 4.52. The van der Waals surface area contributed by atoms with Crippen LogP contribution in [0.1, 0.15) is 17.5 Å². The Morgan fingerprint density at radius 1 is 1.12 bits per heavy atom. The van der Waals surface area contributed by atoms with E-state index >= 15 is 0 Å². The van der Waals surface area contributed by atoms with Gasteiger partial charge < -0.3 is 19.1 Å². The highest BCUT2D eigenvalue weighted by atomic mass is 16.5. The molecule has 2 aliphatic rings. The van der Waals surface area contributed by atoms with Gasteiger partial charge in [-0.3, -0.25) is 14.5 Å². The number of urea groups is 1. The van der Waals surface area contributed by atoms with Crippen LogP contribution in [0.5, 0.6) is 11.5 Å². The molecule has 2 aliphatic heterocycles. The van der Waals surface area contributed by atoms with Crippen molar-refractivity contribution in [3.05, 3.63) is 23.3 Å². The fourth-order valence-electron chi connectivity index (χ4n) is 3.27. The molecule has 0 bridgehead atoms. The fraction of sp³-hybridized carbons (Fsp3) is 0.471. The van der Waals surface area contributed by atoms with Gasteiger partial charge in [-0.1, -0.05) is 0 Å². The third-order valence-electron chi connectivity index (χ3n) is 4.63. The Balaban J connectivity index is 1.84. The van der Waals surface area contributed by atoms with Gasteiger partial charge in [0.1, 0.15) is 6.04 Å². The predicted octanol–water partition coefficient (Wildman–Crippen LogP) is 0.956. The minimum atomic E-state index is -0.546. The van der Waals surface area contributed by atoms with Crippen LogP contribution in [-0.2, 0) is 27.3 Å². The van der Waals surface area contributed by atoms with Gasteiger partial charge in [-0.25, -0.2) is 4.79 Å². The summed E-state index contributed by atoms with van der Waals surface area (Å²) in [6.07, 6.45) is 0.401. The average molecular weight is 348 g/mol. The van der Waals surface area contributed by atoms with Crippen molar-refractivity contribution in [2.45, 2.75) is 25.4 Å². The maximum Gasteiger partial charge on any atom is 0.327 e. The van der Waals surface area contributed by atoms with Gasteiger partial charge in [-0.15, -0.1) is 0 Å². The number of hydrogen-bond donors (Lipinski definition) is 0. The lowest BCUT2D eigenvalue weighted by Gasteiger charge is -2.29. The molecular weight excluding hydrogens is 328 g/mol. The fourth-order valence-corrected chi connectivity index (χ4v) is 3.27. The summed E-state index contributed by atoms with van der Waals surface area (Å²) in [5.74, 6) is 0.437. The highest BCUT2D eigenvalue weighted by Crippen LogP contribution is 2.37. The number of nitrogens with zero attached hydrogens (tertiary/aromatic N) is 2. The molecule has 0 aromatic heterocycles. The van der Waals surface area contributed by atoms with Crippen LogP contribution >= 0.6 is 0 Å². The van der Waals surface area contributed by atoms with Gasteiger partial charge in [0.2, 0.25) is 0 Å². The van der Waals surface area contributed by atoms with E-state index in [2.05, 4.69) is 4.74 Å². The monoisotopic (exact) mass is 348 g/mol. The van der Waals surface area contributed by atoms with Crippen molar-refractivity contribution in [2.75, 3.05) is 27.9 Å². The van der Waals surface area contributed by atoms with Gasteiger partial charge in [0.15, 0.2) is 11.5 Å². The molecule has 0 radical (unpaired) electrons. The number of hydrogen-bond acceptors (Lipinski definition) is 6. The summed E-state index contributed by atoms with van der Waals surface area (Å²) in [6.45, 7) is 0.347. The molecule has 0 spiro atoms. The normalized spacial score (nSPS) is 18.8. The second-order valence-corrected chi connectivity index (χ2v) is 5.92. The number of fused-ring (bicyclic) bond motifs is 2. The van der Waals surface area contributed by atoms with E-state index in [1.165, 1.54) is 12.0 Å². The van der Waals surface area contributed by atoms with Crippen molar-refractivity contribution in [1.82, 2.24) is 9.80 Å². The zero-order valence-electron chi connectivity index (χ0n) is 14.4. The summed E-state index contributed by atoms with van der Waals surface area (Å²) in [6, 6.07) is 2.76. The van der Waals surface area contributed by atoms with Crippen molar-refractivity contribution < 1.29 is 28.6 Å². The second kappa shape index (κ2) is 6.62. The highest BCUT2D eigenvalue weighted by molar-refractivity contribution is 6.04. The van der Waals surface area contributed by atoms with Crippen molar-refractivity contribution in [3.63, 3.8) is 0 Å². The van der Waals surface area contributed by atoms with E-state index in [9.17, 15) is 14.4 Å². The second-order valence-electron chi connectivity index (χ2n) is 5.92. The Bertz CT molecular complexity index is 681. The first-order chi connectivity index (χ1) is 12.0. The van der Waals surface area contributed by atoms with Gasteiger partial charge in [0.05, 0.1) is 27.8 Å². The first-order valence-corrected chi connectivity index (χ1v) is 7.92. The van der Waals surface area contributed by atoms with E-state index < -0.39 is 12.0 Å². The SMILES string of the molecule is COC(=O)CCN1C(=O)C2Cc3cc(OC)c(OC)cc3CN2C1=O. The molecule has 134 valence electrons. The van der Waals surface area contributed by atoms with Crippen molar-refractivity contribution >= 4 is 17.9 Å². The van der Waals surface area contributed by atoms with E-state index in [1.54, 1.807) is 14.2 Å². The number of carbonyl (C=O) groups excluding carboxylic acids is 3. The maximum absolute atomic E-state index is 12.6. The minimum absolute atomic E-state index is 0.0108. The van der Waals surface area contributed by atoms with Gasteiger partial charge in [0.25, 0.3) is 5.91 Å². The lowest BCUT2D eigenvalue weighted by atomic mass is 9.94. The number of imide groups is 1. The van der Waals surface area contributed by atoms with E-state index in [1.807, 2.05) is 12.1 Å². The highest BCUT2D eigenvalue weighted by Gasteiger charge is 2.47. The summed E-state index contributed by atoms with van der Waals surface area (Å²) in [5.41, 5.74) is 1.87. The van der Waals surface area contributed by atoms with Crippen molar-refractivity contribution in [2.24, 2.45) is 0 Å². The third kappa shape index (κ3) is 2.88. The summed E-state index contributed by atoms with van der Waals surface area (Å²) in [7, 11) is 4.38. The molecule has 8 nitrogen and oxygen atoms in total. The molecule has 1 aromatic carbocycles. The number of carbonyl (C=O) groups is 3. The molecule has 1 atom stereocenters. The molecule has 1 unspecified atom stereocenters. The molecule has 25 heavy (non-hydrogen) atoms. The largest absolute Gasteiger partial charge is 0.493 e. The summed E-state index contributed by atoms with van der Waals surface area (Å²) in [4.78, 5) is 39.1. The molecular formula is C17H20N2O6. The van der Waals surface area contributed by atoms with Crippen LogP contribution in [0.15, 0.2) is 12.1 Å². The third-order valence-corrected chi connectivity index (χ3v) is 4.63. The predicted molar refractivity (Wildman–Crippen MR) is 86.3 cm³/mol. The van der Waals surface area contributed by atoms with Crippen LogP contribution in [0.3, 0.4) is 0 Å². The number of rotatable bonds is 5. The van der Waals surface area contributed by atoms with Gasteiger partial charge in [0, 0.05) is 19.5 Å². The van der Waals surface area contributed by atoms with E-state index in [0.29, 0.717) is 24.5 Å². The van der Waals surface area contributed by atoms with Crippen LogP contribution in [0.2, 0.25) is 0 Å². The van der Waals surface area contributed by atoms with Crippen LogP contribution in [0.25, 0.3) is 0 Å². The molecule has 3 rings (SSSR count). The van der Waals surface area contributed by atoms with Gasteiger partial charge in [-0.2, -0.15) is 0 Å². The topological polar surface area (TPSA) is 85.4 Å². The minimum Gasteiger partial charge on any atom is -0.493 e. The molecule has 1 saturated heterocycles. The van der Waals surface area contributed by atoms with Crippen LogP contribution in [-0.4, -0.2) is 61.6 Å². The molecule has 1 aromatic rings. The molecule has 2 heterocycles. The number of amides is 3. The Labute approximate surface area is 145 Å².